The first kappa shape index (κ1) is 8.61. The summed E-state index contributed by atoms with van der Waals surface area (Å²) in [5, 5.41) is 0.846. The molecule has 0 fully saturated rings. The van der Waals surface area contributed by atoms with Gasteiger partial charge in [-0.25, -0.2) is 0 Å². The van der Waals surface area contributed by atoms with Gasteiger partial charge in [0.1, 0.15) is 0 Å². The molecule has 1 rings (SSSR count). The van der Waals surface area contributed by atoms with Crippen LogP contribution in [0.3, 0.4) is 0 Å². The first-order valence-corrected chi connectivity index (χ1v) is 4.21. The van der Waals surface area contributed by atoms with E-state index in [1.165, 1.54) is 5.56 Å². The van der Waals surface area contributed by atoms with E-state index < -0.39 is 0 Å². The van der Waals surface area contributed by atoms with Crippen LogP contribution < -0.4 is 0 Å². The van der Waals surface area contributed by atoms with E-state index >= 15 is 0 Å². The minimum atomic E-state index is 0.846. The van der Waals surface area contributed by atoms with Gasteiger partial charge >= 0.3 is 0 Å². The molecule has 0 aliphatic carbocycles. The number of benzene rings is 1. The molecule has 0 spiro atoms. The van der Waals surface area contributed by atoms with E-state index in [1.807, 2.05) is 19.1 Å². The van der Waals surface area contributed by atoms with E-state index in [9.17, 15) is 0 Å². The van der Waals surface area contributed by atoms with Gasteiger partial charge in [-0.1, -0.05) is 30.7 Å². The van der Waals surface area contributed by atoms with Crippen molar-refractivity contribution in [3.63, 3.8) is 0 Å². The summed E-state index contributed by atoms with van der Waals surface area (Å²) in [6.07, 6.45) is 3.25. The second-order valence-corrected chi connectivity index (χ2v) is 3.03. The number of rotatable bonds is 2. The van der Waals surface area contributed by atoms with Gasteiger partial charge in [0.05, 0.1) is 0 Å². The van der Waals surface area contributed by atoms with E-state index in [0.717, 1.165) is 17.0 Å². The van der Waals surface area contributed by atoms with Crippen molar-refractivity contribution >= 4 is 11.6 Å². The lowest BCUT2D eigenvalue weighted by molar-refractivity contribution is 1.12. The number of halogens is 1. The quantitative estimate of drug-likeness (QED) is 0.632. The molecule has 0 aliphatic heterocycles. The van der Waals surface area contributed by atoms with Crippen molar-refractivity contribution in [2.45, 2.75) is 20.3 Å². The van der Waals surface area contributed by atoms with Crippen molar-refractivity contribution in [2.75, 3.05) is 0 Å². The summed E-state index contributed by atoms with van der Waals surface area (Å²) in [6.45, 7) is 4.15. The van der Waals surface area contributed by atoms with Gasteiger partial charge in [0.25, 0.3) is 0 Å². The van der Waals surface area contributed by atoms with Gasteiger partial charge in [-0.2, -0.15) is 0 Å². The standard InChI is InChI=1S/C10H12Cl/c1-3-4-9-5-6-10(11)8(2)7-9/h4-7H,3H2,1-2H3. The Morgan fingerprint density at radius 2 is 2.18 bits per heavy atom. The normalized spacial score (nSPS) is 10.1. The third-order valence-electron chi connectivity index (χ3n) is 1.62. The van der Waals surface area contributed by atoms with Gasteiger partial charge in [-0.05, 0) is 37.0 Å². The zero-order chi connectivity index (χ0) is 8.27. The van der Waals surface area contributed by atoms with E-state index in [2.05, 4.69) is 19.4 Å². The molecule has 0 amide bonds. The molecule has 0 N–H and O–H groups in total. The van der Waals surface area contributed by atoms with Gasteiger partial charge in [0, 0.05) is 5.02 Å². The maximum atomic E-state index is 5.87. The molecule has 1 heteroatoms. The van der Waals surface area contributed by atoms with Gasteiger partial charge in [0.15, 0.2) is 0 Å². The lowest BCUT2D eigenvalue weighted by Gasteiger charge is -2.01. The highest BCUT2D eigenvalue weighted by Crippen LogP contribution is 2.17. The number of aryl methyl sites for hydroxylation is 1. The third kappa shape index (κ3) is 2.23. The van der Waals surface area contributed by atoms with Crippen LogP contribution in [-0.4, -0.2) is 0 Å². The Morgan fingerprint density at radius 3 is 2.73 bits per heavy atom. The van der Waals surface area contributed by atoms with E-state index in [4.69, 9.17) is 11.6 Å². The number of hydrogen-bond acceptors (Lipinski definition) is 0. The SMILES string of the molecule is CC[CH]c1ccc(Cl)c(C)c1. The van der Waals surface area contributed by atoms with E-state index in [0.29, 0.717) is 0 Å². The highest BCUT2D eigenvalue weighted by molar-refractivity contribution is 6.31. The Bertz CT molecular complexity index is 241. The van der Waals surface area contributed by atoms with Crippen molar-refractivity contribution in [1.82, 2.24) is 0 Å². The fourth-order valence-electron chi connectivity index (χ4n) is 1.03. The Labute approximate surface area is 73.2 Å². The van der Waals surface area contributed by atoms with Crippen molar-refractivity contribution in [3.05, 3.63) is 40.8 Å². The van der Waals surface area contributed by atoms with Crippen LogP contribution in [0.2, 0.25) is 5.02 Å². The van der Waals surface area contributed by atoms with Crippen LogP contribution in [0.5, 0.6) is 0 Å². The molecule has 1 aromatic rings. The molecule has 1 radical (unpaired) electrons. The molecule has 59 valence electrons. The molecular weight excluding hydrogens is 156 g/mol. The molecule has 0 aromatic heterocycles. The largest absolute Gasteiger partial charge is 0.0841 e. The van der Waals surface area contributed by atoms with Crippen LogP contribution in [0.25, 0.3) is 0 Å². The highest BCUT2D eigenvalue weighted by Gasteiger charge is 1.95. The second kappa shape index (κ2) is 3.77. The summed E-state index contributed by atoms with van der Waals surface area (Å²) in [5.41, 5.74) is 2.41. The lowest BCUT2D eigenvalue weighted by atomic mass is 10.1. The molecule has 0 nitrogen and oxygen atoms in total. The fourth-order valence-corrected chi connectivity index (χ4v) is 1.15. The number of hydrogen-bond donors (Lipinski definition) is 0. The van der Waals surface area contributed by atoms with Crippen molar-refractivity contribution in [2.24, 2.45) is 0 Å². The summed E-state index contributed by atoms with van der Waals surface area (Å²) >= 11 is 5.87. The maximum absolute atomic E-state index is 5.87. The van der Waals surface area contributed by atoms with Gasteiger partial charge in [-0.15, -0.1) is 0 Å². The molecule has 0 atom stereocenters. The minimum Gasteiger partial charge on any atom is -0.0841 e. The molecule has 0 bridgehead atoms. The topological polar surface area (TPSA) is 0 Å². The first-order chi connectivity index (χ1) is 5.24. The summed E-state index contributed by atoms with van der Waals surface area (Å²) in [7, 11) is 0. The molecule has 0 aliphatic rings. The molecule has 0 unspecified atom stereocenters. The monoisotopic (exact) mass is 167 g/mol. The van der Waals surface area contributed by atoms with Crippen molar-refractivity contribution in [3.8, 4) is 0 Å². The van der Waals surface area contributed by atoms with E-state index in [-0.39, 0.29) is 0 Å². The molecule has 11 heavy (non-hydrogen) atoms. The Hall–Kier alpha value is -0.490. The van der Waals surface area contributed by atoms with Gasteiger partial charge < -0.3 is 0 Å². The first-order valence-electron chi connectivity index (χ1n) is 3.83. The highest BCUT2D eigenvalue weighted by atomic mass is 35.5. The average molecular weight is 168 g/mol. The fraction of sp³-hybridized carbons (Fsp3) is 0.300. The summed E-state index contributed by atoms with van der Waals surface area (Å²) < 4.78 is 0. The third-order valence-corrected chi connectivity index (χ3v) is 2.05. The summed E-state index contributed by atoms with van der Waals surface area (Å²) in [6, 6.07) is 6.09. The molecule has 0 saturated carbocycles. The smallest absolute Gasteiger partial charge is 0.0435 e. The van der Waals surface area contributed by atoms with Crippen molar-refractivity contribution < 1.29 is 0 Å². The van der Waals surface area contributed by atoms with Crippen molar-refractivity contribution in [1.29, 1.82) is 0 Å². The van der Waals surface area contributed by atoms with Crippen LogP contribution in [0.4, 0.5) is 0 Å². The van der Waals surface area contributed by atoms with Crippen LogP contribution in [0.1, 0.15) is 24.5 Å². The second-order valence-electron chi connectivity index (χ2n) is 2.62. The van der Waals surface area contributed by atoms with Gasteiger partial charge in [-0.3, -0.25) is 0 Å². The predicted octanol–water partition coefficient (Wildman–Crippen LogP) is 3.61. The summed E-state index contributed by atoms with van der Waals surface area (Å²) in [4.78, 5) is 0. The Balaban J connectivity index is 2.86. The van der Waals surface area contributed by atoms with E-state index in [1.54, 1.807) is 0 Å². The zero-order valence-electron chi connectivity index (χ0n) is 6.89. The van der Waals surface area contributed by atoms with Gasteiger partial charge in [0.2, 0.25) is 0 Å². The Morgan fingerprint density at radius 1 is 1.45 bits per heavy atom. The maximum Gasteiger partial charge on any atom is 0.0435 e. The van der Waals surface area contributed by atoms with Crippen LogP contribution in [-0.2, 0) is 0 Å². The minimum absolute atomic E-state index is 0.846. The average Bonchev–Trinajstić information content (AvgIpc) is 1.98. The van der Waals surface area contributed by atoms with Crippen LogP contribution in [0, 0.1) is 13.3 Å². The Kier molecular flexibility index (Phi) is 2.95. The molecule has 0 saturated heterocycles. The summed E-state index contributed by atoms with van der Waals surface area (Å²) in [5.74, 6) is 0. The lowest BCUT2D eigenvalue weighted by Crippen LogP contribution is -1.82. The predicted molar refractivity (Wildman–Crippen MR) is 49.9 cm³/mol. The van der Waals surface area contributed by atoms with Crippen LogP contribution >= 0.6 is 11.6 Å². The van der Waals surface area contributed by atoms with Crippen LogP contribution in [0.15, 0.2) is 18.2 Å². The molecule has 1 aromatic carbocycles. The molecule has 0 heterocycles. The zero-order valence-corrected chi connectivity index (χ0v) is 7.65. The molecular formula is C10H12Cl.